The van der Waals surface area contributed by atoms with E-state index in [1.165, 1.54) is 0 Å². The molecule has 6 rings (SSSR count). The lowest BCUT2D eigenvalue weighted by molar-refractivity contribution is -0.127. The Labute approximate surface area is 273 Å². The first-order chi connectivity index (χ1) is 21.6. The van der Waals surface area contributed by atoms with Crippen LogP contribution in [0.4, 0.5) is 5.69 Å². The average Bonchev–Trinajstić information content (AvgIpc) is 3.62. The van der Waals surface area contributed by atoms with E-state index >= 15 is 0 Å². The van der Waals surface area contributed by atoms with E-state index in [1.807, 2.05) is 24.3 Å². The number of imidazole rings is 2. The summed E-state index contributed by atoms with van der Waals surface area (Å²) in [6.07, 6.45) is 3.40. The Morgan fingerprint density at radius 2 is 1.63 bits per heavy atom. The molecule has 2 aromatic heterocycles. The molecule has 0 bridgehead atoms. The van der Waals surface area contributed by atoms with Crippen LogP contribution in [0.2, 0.25) is 0 Å². The van der Waals surface area contributed by atoms with Crippen molar-refractivity contribution in [2.24, 2.45) is 23.3 Å². The number of aryl methyl sites for hydroxylation is 1. The maximum Gasteiger partial charge on any atom is 0.323 e. The number of carbonyl (C=O) groups is 2. The van der Waals surface area contributed by atoms with Crippen LogP contribution >= 0.6 is 12.4 Å². The number of carbonyl (C=O) groups excluding carboxylic acids is 2. The molecular formula is C35H42ClN7O3. The minimum Gasteiger partial charge on any atom is -0.368 e. The van der Waals surface area contributed by atoms with Crippen molar-refractivity contribution in [3.8, 4) is 11.1 Å². The van der Waals surface area contributed by atoms with Gasteiger partial charge in [-0.25, -0.2) is 9.78 Å². The Morgan fingerprint density at radius 3 is 2.28 bits per heavy atom. The Bertz CT molecular complexity index is 1920. The van der Waals surface area contributed by atoms with E-state index in [4.69, 9.17) is 16.5 Å². The fourth-order valence-electron chi connectivity index (χ4n) is 6.60. The number of H-pyrrole nitrogens is 3. The average molecular weight is 644 g/mol. The zero-order chi connectivity index (χ0) is 31.8. The number of aromatic amines is 3. The van der Waals surface area contributed by atoms with Crippen LogP contribution in [-0.2, 0) is 16.0 Å². The number of halogens is 1. The normalized spacial score (nSPS) is 17.2. The molecule has 10 nitrogen and oxygen atoms in total. The van der Waals surface area contributed by atoms with Gasteiger partial charge in [-0.2, -0.15) is 0 Å². The SMILES string of the molecule is Cc1cc2[nH]c(C(C)C)nc2cc1-c1ccc(C[C@@H](C(N)=O)N(C(=O)C2CCC(CN)CC2)c2ccc3[nH]c(=O)[nH]c3c2)cc1.Cl. The molecule has 0 unspecified atom stereocenters. The monoisotopic (exact) mass is 643 g/mol. The summed E-state index contributed by atoms with van der Waals surface area (Å²) in [5.41, 5.74) is 19.4. The molecular weight excluding hydrogens is 602 g/mol. The maximum atomic E-state index is 14.2. The number of fused-ring (bicyclic) bond motifs is 2. The number of aromatic nitrogens is 4. The molecule has 0 radical (unpaired) electrons. The lowest BCUT2D eigenvalue weighted by Gasteiger charge is -2.35. The lowest BCUT2D eigenvalue weighted by Crippen LogP contribution is -2.52. The number of primary amides is 1. The highest BCUT2D eigenvalue weighted by Gasteiger charge is 2.36. The smallest absolute Gasteiger partial charge is 0.323 e. The summed E-state index contributed by atoms with van der Waals surface area (Å²) in [7, 11) is 0. The van der Waals surface area contributed by atoms with Gasteiger partial charge in [-0.05, 0) is 97.7 Å². The lowest BCUT2D eigenvalue weighted by atomic mass is 9.81. The molecule has 0 aliphatic heterocycles. The van der Waals surface area contributed by atoms with Crippen LogP contribution in [-0.4, -0.2) is 44.3 Å². The fraction of sp³-hybridized carbons (Fsp3) is 0.371. The molecule has 46 heavy (non-hydrogen) atoms. The third-order valence-electron chi connectivity index (χ3n) is 9.27. The largest absolute Gasteiger partial charge is 0.368 e. The highest BCUT2D eigenvalue weighted by molar-refractivity contribution is 6.02. The van der Waals surface area contributed by atoms with Crippen LogP contribution in [0.1, 0.15) is 62.4 Å². The number of nitrogens with two attached hydrogens (primary N) is 2. The topological polar surface area (TPSA) is 167 Å². The first-order valence-corrected chi connectivity index (χ1v) is 15.7. The van der Waals surface area contributed by atoms with Gasteiger partial charge < -0.3 is 26.4 Å². The Morgan fingerprint density at radius 1 is 0.935 bits per heavy atom. The summed E-state index contributed by atoms with van der Waals surface area (Å²) in [5.74, 6) is 0.706. The van der Waals surface area contributed by atoms with Gasteiger partial charge in [-0.3, -0.25) is 14.5 Å². The van der Waals surface area contributed by atoms with Crippen LogP contribution in [0.15, 0.2) is 59.4 Å². The third kappa shape index (κ3) is 6.59. The van der Waals surface area contributed by atoms with E-state index in [-0.39, 0.29) is 36.3 Å². The van der Waals surface area contributed by atoms with E-state index in [9.17, 15) is 14.4 Å². The van der Waals surface area contributed by atoms with Crippen LogP contribution in [0.25, 0.3) is 33.2 Å². The zero-order valence-electron chi connectivity index (χ0n) is 26.4. The van der Waals surface area contributed by atoms with Crippen LogP contribution < -0.4 is 22.1 Å². The summed E-state index contributed by atoms with van der Waals surface area (Å²) in [6.45, 7) is 6.92. The molecule has 5 aromatic rings. The number of nitrogens with one attached hydrogen (secondary N) is 3. The Kier molecular flexibility index (Phi) is 9.69. The van der Waals surface area contributed by atoms with Gasteiger partial charge in [-0.1, -0.05) is 38.1 Å². The second-order valence-electron chi connectivity index (χ2n) is 12.8. The van der Waals surface area contributed by atoms with Crippen molar-refractivity contribution in [2.45, 2.75) is 64.8 Å². The highest BCUT2D eigenvalue weighted by atomic mass is 35.5. The molecule has 242 valence electrons. The predicted octanol–water partition coefficient (Wildman–Crippen LogP) is 5.45. The fourth-order valence-corrected chi connectivity index (χ4v) is 6.60. The van der Waals surface area contributed by atoms with Crippen LogP contribution in [0, 0.1) is 18.8 Å². The molecule has 0 spiro atoms. The molecule has 1 saturated carbocycles. The number of hydrogen-bond acceptors (Lipinski definition) is 5. The molecule has 7 N–H and O–H groups in total. The maximum absolute atomic E-state index is 14.2. The number of nitrogens with zero attached hydrogens (tertiary/aromatic N) is 2. The van der Waals surface area contributed by atoms with Gasteiger partial charge in [-0.15, -0.1) is 12.4 Å². The number of amides is 2. The second-order valence-corrected chi connectivity index (χ2v) is 12.8. The standard InChI is InChI=1S/C35H41N7O3.ClH/c1-19(2)33-38-28-14-20(3)26(17-30(28)39-33)23-8-4-21(5-9-23)15-31(32(37)43)42(34(44)24-10-6-22(18-36)7-11-24)25-12-13-27-29(16-25)41-35(45)40-27;/h4-5,8-9,12-14,16-17,19,22,24,31H,6-7,10-11,15,18,36H2,1-3H3,(H2,37,43)(H,38,39)(H2,40,41,45);1H/t22?,24?,31-;/m0./s1. The first kappa shape index (κ1) is 33.0. The van der Waals surface area contributed by atoms with Gasteiger partial charge in [0, 0.05) is 23.9 Å². The van der Waals surface area contributed by atoms with Crippen molar-refractivity contribution in [2.75, 3.05) is 11.4 Å². The molecule has 1 aliphatic rings. The molecule has 2 amide bonds. The minimum atomic E-state index is -0.921. The van der Waals surface area contributed by atoms with Gasteiger partial charge >= 0.3 is 5.69 Å². The van der Waals surface area contributed by atoms with Gasteiger partial charge in [0.15, 0.2) is 0 Å². The summed E-state index contributed by atoms with van der Waals surface area (Å²) >= 11 is 0. The van der Waals surface area contributed by atoms with Gasteiger partial charge in [0.05, 0.1) is 22.1 Å². The summed E-state index contributed by atoms with van der Waals surface area (Å²) in [5, 5.41) is 0. The predicted molar refractivity (Wildman–Crippen MR) is 185 cm³/mol. The summed E-state index contributed by atoms with van der Waals surface area (Å²) in [6, 6.07) is 16.6. The molecule has 1 aliphatic carbocycles. The minimum absolute atomic E-state index is 0. The highest BCUT2D eigenvalue weighted by Crippen LogP contribution is 2.34. The first-order valence-electron chi connectivity index (χ1n) is 15.7. The van der Waals surface area contributed by atoms with Crippen molar-refractivity contribution < 1.29 is 9.59 Å². The number of rotatable bonds is 9. The molecule has 11 heteroatoms. The number of benzene rings is 3. The summed E-state index contributed by atoms with van der Waals surface area (Å²) in [4.78, 5) is 54.5. The van der Waals surface area contributed by atoms with Gasteiger partial charge in [0.25, 0.3) is 0 Å². The van der Waals surface area contributed by atoms with E-state index in [0.29, 0.717) is 47.9 Å². The van der Waals surface area contributed by atoms with E-state index < -0.39 is 11.9 Å². The van der Waals surface area contributed by atoms with Crippen molar-refractivity contribution in [1.29, 1.82) is 0 Å². The third-order valence-corrected chi connectivity index (χ3v) is 9.27. The quantitative estimate of drug-likeness (QED) is 0.144. The number of anilines is 1. The van der Waals surface area contributed by atoms with Crippen LogP contribution in [0.5, 0.6) is 0 Å². The van der Waals surface area contributed by atoms with Crippen molar-refractivity contribution in [1.82, 2.24) is 19.9 Å². The molecule has 2 heterocycles. The van der Waals surface area contributed by atoms with Crippen molar-refractivity contribution in [3.63, 3.8) is 0 Å². The number of hydrogen-bond donors (Lipinski definition) is 5. The molecule has 0 saturated heterocycles. The van der Waals surface area contributed by atoms with Gasteiger partial charge in [0.2, 0.25) is 11.8 Å². The van der Waals surface area contributed by atoms with E-state index in [2.05, 4.69) is 47.9 Å². The zero-order valence-corrected chi connectivity index (χ0v) is 27.2. The van der Waals surface area contributed by atoms with Crippen LogP contribution in [0.3, 0.4) is 0 Å². The Hall–Kier alpha value is -4.41. The van der Waals surface area contributed by atoms with E-state index in [1.54, 1.807) is 23.1 Å². The Balaban J connectivity index is 0.00000417. The molecule has 1 atom stereocenters. The van der Waals surface area contributed by atoms with Crippen molar-refractivity contribution in [3.05, 3.63) is 82.0 Å². The summed E-state index contributed by atoms with van der Waals surface area (Å²) < 4.78 is 0. The molecule has 3 aromatic carbocycles. The van der Waals surface area contributed by atoms with Gasteiger partial charge in [0.1, 0.15) is 11.9 Å². The van der Waals surface area contributed by atoms with E-state index in [0.717, 1.165) is 52.0 Å². The van der Waals surface area contributed by atoms with Crippen molar-refractivity contribution >= 4 is 52.0 Å². The molecule has 1 fully saturated rings. The second kappa shape index (κ2) is 13.5.